The van der Waals surface area contributed by atoms with E-state index < -0.39 is 0 Å². The molecule has 1 heterocycles. The van der Waals surface area contributed by atoms with Gasteiger partial charge in [-0.3, -0.25) is 0 Å². The Bertz CT molecular complexity index is 1630. The summed E-state index contributed by atoms with van der Waals surface area (Å²) in [5.41, 5.74) is 11.6. The number of aryl methyl sites for hydroxylation is 1. The number of nitrogens with two attached hydrogens (primary N) is 1. The summed E-state index contributed by atoms with van der Waals surface area (Å²) < 4.78 is 0. The molecule has 2 atom stereocenters. The molecule has 2 aromatic carbocycles. The smallest absolute Gasteiger partial charge is 0.132 e. The highest BCUT2D eigenvalue weighted by Crippen LogP contribution is 2.48. The van der Waals surface area contributed by atoms with Crippen molar-refractivity contribution in [2.45, 2.75) is 59.3 Å². The van der Waals surface area contributed by atoms with Gasteiger partial charge < -0.3 is 10.2 Å². The van der Waals surface area contributed by atoms with E-state index in [1.807, 2.05) is 18.2 Å². The van der Waals surface area contributed by atoms with Gasteiger partial charge in [-0.15, -0.1) is 0 Å². The summed E-state index contributed by atoms with van der Waals surface area (Å²) >= 11 is 0. The van der Waals surface area contributed by atoms with Gasteiger partial charge >= 0.3 is 0 Å². The van der Waals surface area contributed by atoms with Crippen molar-refractivity contribution in [1.82, 2.24) is 4.90 Å². The van der Waals surface area contributed by atoms with E-state index >= 15 is 0 Å². The molecule has 1 aliphatic carbocycles. The van der Waals surface area contributed by atoms with Crippen LogP contribution in [-0.2, 0) is 12.8 Å². The molecule has 2 N–H and O–H groups in total. The van der Waals surface area contributed by atoms with Gasteiger partial charge in [-0.2, -0.15) is 0 Å². The van der Waals surface area contributed by atoms with Crippen LogP contribution >= 0.6 is 0 Å². The molecular weight excluding hydrogens is 569 g/mol. The topological polar surface area (TPSA) is 19.9 Å². The van der Waals surface area contributed by atoms with Gasteiger partial charge in [0.25, 0.3) is 0 Å². The number of allylic oxidation sites excluding steroid dienone is 13. The number of quaternary nitrogens is 1. The molecule has 2 heteroatoms. The Hall–Kier alpha value is -4.40. The standard InChI is InChI=1S/C45H54N2/c1-9-18-42-39(12-4)34-45(6,32-30-37-26-22-35(10-2)23-27-37)43(47(42)8)21-16-17-31-44(5,33-38-28-24-36(11-3)25-29-38)40-19-14-13-15-20-41(40)46-7/h9-13,15-29,46H,1-3,14,30-34H2,4-8H3/p+1/b17-16+,39-12-,42-18+,43-21+. The maximum absolute atomic E-state index is 4.03. The van der Waals surface area contributed by atoms with Gasteiger partial charge in [-0.05, 0) is 91.5 Å². The molecule has 2 nitrogen and oxygen atoms in total. The van der Waals surface area contributed by atoms with E-state index in [2.05, 4.69) is 168 Å². The van der Waals surface area contributed by atoms with Crippen molar-refractivity contribution in [3.8, 4) is 0 Å². The first-order chi connectivity index (χ1) is 22.7. The van der Waals surface area contributed by atoms with Crippen molar-refractivity contribution in [1.29, 1.82) is 0 Å². The third-order valence-electron chi connectivity index (χ3n) is 9.97. The van der Waals surface area contributed by atoms with Crippen LogP contribution in [0.4, 0.5) is 0 Å². The van der Waals surface area contributed by atoms with Gasteiger partial charge in [-0.1, -0.05) is 137 Å². The minimum Gasteiger partial charge on any atom is -0.347 e. The Kier molecular flexibility index (Phi) is 12.4. The molecule has 1 aliphatic heterocycles. The molecule has 1 saturated heterocycles. The van der Waals surface area contributed by atoms with Gasteiger partial charge in [0.1, 0.15) is 5.70 Å². The zero-order chi connectivity index (χ0) is 33.9. The Morgan fingerprint density at radius 1 is 0.957 bits per heavy atom. The molecule has 0 saturated carbocycles. The number of piperidine rings is 1. The van der Waals surface area contributed by atoms with Gasteiger partial charge in [0.05, 0.1) is 7.05 Å². The molecule has 0 spiro atoms. The number of hydrogen-bond acceptors (Lipinski definition) is 1. The molecule has 4 rings (SSSR count). The summed E-state index contributed by atoms with van der Waals surface area (Å²) in [6.45, 7) is 18.9. The van der Waals surface area contributed by atoms with E-state index in [-0.39, 0.29) is 10.8 Å². The Morgan fingerprint density at radius 2 is 1.62 bits per heavy atom. The van der Waals surface area contributed by atoms with Crippen molar-refractivity contribution in [3.63, 3.8) is 0 Å². The first-order valence-corrected chi connectivity index (χ1v) is 17.1. The number of likely N-dealkylation sites (tertiary alicyclic amines) is 1. The largest absolute Gasteiger partial charge is 0.347 e. The van der Waals surface area contributed by atoms with Crippen LogP contribution in [0.5, 0.6) is 0 Å². The fraction of sp³-hybridized carbons (Fsp3) is 0.289. The predicted octanol–water partition coefficient (Wildman–Crippen LogP) is 10.3. The van der Waals surface area contributed by atoms with Gasteiger partial charge in [0.2, 0.25) is 0 Å². The van der Waals surface area contributed by atoms with Crippen LogP contribution < -0.4 is 5.32 Å². The van der Waals surface area contributed by atoms with Crippen LogP contribution in [0.15, 0.2) is 157 Å². The number of benzene rings is 2. The minimum atomic E-state index is -0.0690. The van der Waals surface area contributed by atoms with E-state index in [9.17, 15) is 0 Å². The summed E-state index contributed by atoms with van der Waals surface area (Å²) in [5, 5.41) is 2.26. The maximum Gasteiger partial charge on any atom is 0.132 e. The molecular formula is C45H55N2+. The third-order valence-corrected chi connectivity index (χ3v) is 9.97. The lowest BCUT2D eigenvalue weighted by Gasteiger charge is -2.45. The van der Waals surface area contributed by atoms with E-state index in [1.165, 1.54) is 39.4 Å². The normalized spacial score (nSPS) is 22.2. The van der Waals surface area contributed by atoms with E-state index in [0.29, 0.717) is 0 Å². The zero-order valence-corrected chi connectivity index (χ0v) is 29.4. The Morgan fingerprint density at radius 3 is 2.21 bits per heavy atom. The molecule has 2 aliphatic rings. The fourth-order valence-corrected chi connectivity index (χ4v) is 7.18. The van der Waals surface area contributed by atoms with Crippen LogP contribution in [0.3, 0.4) is 0 Å². The summed E-state index contributed by atoms with van der Waals surface area (Å²) in [5.74, 6) is 0. The second-order valence-corrected chi connectivity index (χ2v) is 13.4. The summed E-state index contributed by atoms with van der Waals surface area (Å²) in [6.07, 6.45) is 32.3. The Labute approximate surface area is 285 Å². The quantitative estimate of drug-likeness (QED) is 0.235. The van der Waals surface area contributed by atoms with Crippen molar-refractivity contribution in [3.05, 3.63) is 180 Å². The Balaban J connectivity index is 1.68. The van der Waals surface area contributed by atoms with Gasteiger partial charge in [0, 0.05) is 34.8 Å². The average molecular weight is 624 g/mol. The second kappa shape index (κ2) is 16.4. The van der Waals surface area contributed by atoms with Gasteiger partial charge in [-0.25, -0.2) is 0 Å². The molecule has 244 valence electrons. The molecule has 0 radical (unpaired) electrons. The summed E-state index contributed by atoms with van der Waals surface area (Å²) in [7, 11) is 4.36. The molecule has 47 heavy (non-hydrogen) atoms. The molecule has 0 bridgehead atoms. The van der Waals surface area contributed by atoms with Crippen LogP contribution in [0.2, 0.25) is 0 Å². The molecule has 0 amide bonds. The van der Waals surface area contributed by atoms with Gasteiger partial charge in [0.15, 0.2) is 0 Å². The fourth-order valence-electron chi connectivity index (χ4n) is 7.18. The monoisotopic (exact) mass is 623 g/mol. The molecule has 1 fully saturated rings. The number of rotatable bonds is 13. The lowest BCUT2D eigenvalue weighted by Crippen LogP contribution is -2.78. The van der Waals surface area contributed by atoms with Crippen molar-refractivity contribution in [2.24, 2.45) is 10.8 Å². The van der Waals surface area contributed by atoms with E-state index in [1.54, 1.807) is 0 Å². The third kappa shape index (κ3) is 8.70. The van der Waals surface area contributed by atoms with E-state index in [4.69, 9.17) is 0 Å². The molecule has 0 aromatic heterocycles. The average Bonchev–Trinajstić information content (AvgIpc) is 3.35. The highest BCUT2D eigenvalue weighted by Gasteiger charge is 2.38. The highest BCUT2D eigenvalue weighted by atomic mass is 15.1. The van der Waals surface area contributed by atoms with Crippen molar-refractivity contribution >= 4 is 12.2 Å². The first kappa shape index (κ1) is 35.5. The zero-order valence-electron chi connectivity index (χ0n) is 29.4. The van der Waals surface area contributed by atoms with Crippen LogP contribution in [-0.4, -0.2) is 19.0 Å². The minimum absolute atomic E-state index is 0.0185. The number of hydrogen-bond donors (Lipinski definition) is 1. The summed E-state index contributed by atoms with van der Waals surface area (Å²) in [4.78, 5) is 2.39. The molecule has 2 aromatic rings. The predicted molar refractivity (Wildman–Crippen MR) is 205 cm³/mol. The van der Waals surface area contributed by atoms with E-state index in [0.717, 1.165) is 49.7 Å². The number of likely N-dealkylation sites (N-methyl/N-ethyl adjacent to an activating group) is 2. The summed E-state index contributed by atoms with van der Waals surface area (Å²) in [6, 6.07) is 17.7. The van der Waals surface area contributed by atoms with Crippen LogP contribution in [0, 0.1) is 10.8 Å². The second-order valence-electron chi connectivity index (χ2n) is 13.4. The SMILES string of the molecule is C=C/C=C1\C(=C/C)CC(C)(CCc2ccc(C=C)cc2)/C(=C\C=C\CC(C)(Cc2ccc(C=C)cc2)C2=CCC=CC=C2[NH2+]C)N1C. The van der Waals surface area contributed by atoms with Crippen molar-refractivity contribution in [2.75, 3.05) is 14.1 Å². The van der Waals surface area contributed by atoms with Crippen LogP contribution in [0.1, 0.15) is 68.7 Å². The number of nitrogens with zero attached hydrogens (tertiary/aromatic N) is 1. The van der Waals surface area contributed by atoms with Crippen LogP contribution in [0.25, 0.3) is 12.2 Å². The first-order valence-electron chi connectivity index (χ1n) is 17.1. The lowest BCUT2D eigenvalue weighted by molar-refractivity contribution is -0.573. The highest BCUT2D eigenvalue weighted by molar-refractivity contribution is 5.49. The maximum atomic E-state index is 4.03. The van der Waals surface area contributed by atoms with Crippen molar-refractivity contribution < 1.29 is 5.32 Å². The molecule has 2 unspecified atom stereocenters. The lowest BCUT2D eigenvalue weighted by atomic mass is 9.71.